The number of hydrogen-bond donors (Lipinski definition) is 3. The predicted molar refractivity (Wildman–Crippen MR) is 59.6 cm³/mol. The van der Waals surface area contributed by atoms with Crippen LogP contribution in [0.25, 0.3) is 0 Å². The number of benzene rings is 1. The molecule has 0 aromatic heterocycles. The summed E-state index contributed by atoms with van der Waals surface area (Å²) in [6.45, 7) is 3.90. The van der Waals surface area contributed by atoms with Gasteiger partial charge in [-0.1, -0.05) is 0 Å². The largest absolute Gasteiger partial charge is 0.492 e. The van der Waals surface area contributed by atoms with Crippen molar-refractivity contribution in [1.82, 2.24) is 0 Å². The Morgan fingerprint density at radius 1 is 1.43 bits per heavy atom. The third-order valence-corrected chi connectivity index (χ3v) is 1.79. The Morgan fingerprint density at radius 3 is 2.86 bits per heavy atom. The van der Waals surface area contributed by atoms with E-state index in [1.807, 2.05) is 25.1 Å². The lowest BCUT2D eigenvalue weighted by atomic mass is 10.2. The fourth-order valence-electron chi connectivity index (χ4n) is 1.14. The van der Waals surface area contributed by atoms with E-state index in [4.69, 9.17) is 16.2 Å². The van der Waals surface area contributed by atoms with Gasteiger partial charge in [-0.3, -0.25) is 0 Å². The van der Waals surface area contributed by atoms with Crippen molar-refractivity contribution < 1.29 is 4.74 Å². The van der Waals surface area contributed by atoms with Gasteiger partial charge in [0.15, 0.2) is 0 Å². The van der Waals surface area contributed by atoms with Gasteiger partial charge < -0.3 is 21.5 Å². The molecule has 1 rings (SSSR count). The molecule has 0 saturated heterocycles. The van der Waals surface area contributed by atoms with Crippen molar-refractivity contribution in [3.05, 3.63) is 18.2 Å². The molecule has 0 saturated carbocycles. The van der Waals surface area contributed by atoms with Crippen LogP contribution in [0.3, 0.4) is 0 Å². The summed E-state index contributed by atoms with van der Waals surface area (Å²) >= 11 is 0. The number of nitrogens with one attached hydrogen (secondary N) is 1. The Morgan fingerprint density at radius 2 is 2.21 bits per heavy atom. The van der Waals surface area contributed by atoms with Crippen molar-refractivity contribution in [1.29, 1.82) is 0 Å². The van der Waals surface area contributed by atoms with Crippen molar-refractivity contribution in [2.24, 2.45) is 5.73 Å². The highest BCUT2D eigenvalue weighted by atomic mass is 16.5. The number of hydrogen-bond acceptors (Lipinski definition) is 4. The quantitative estimate of drug-likeness (QED) is 0.614. The fraction of sp³-hybridized carbons (Fsp3) is 0.400. The highest BCUT2D eigenvalue weighted by molar-refractivity contribution is 5.61. The SMILES string of the molecule is CCOc1cc(NCCN)ccc1N. The monoisotopic (exact) mass is 195 g/mol. The molecule has 1 aromatic carbocycles. The third kappa shape index (κ3) is 2.81. The third-order valence-electron chi connectivity index (χ3n) is 1.79. The Labute approximate surface area is 84.2 Å². The zero-order valence-electron chi connectivity index (χ0n) is 8.42. The maximum atomic E-state index is 5.73. The van der Waals surface area contributed by atoms with Gasteiger partial charge >= 0.3 is 0 Å². The van der Waals surface area contributed by atoms with Gasteiger partial charge in [-0.2, -0.15) is 0 Å². The molecule has 0 aliphatic heterocycles. The molecule has 78 valence electrons. The molecule has 0 unspecified atom stereocenters. The van der Waals surface area contributed by atoms with Crippen LogP contribution < -0.4 is 21.5 Å². The standard InChI is InChI=1S/C10H17N3O/c1-2-14-10-7-8(13-6-5-11)3-4-9(10)12/h3-4,7,13H,2,5-6,11-12H2,1H3. The summed E-state index contributed by atoms with van der Waals surface area (Å²) < 4.78 is 5.36. The molecule has 0 heterocycles. The van der Waals surface area contributed by atoms with E-state index in [2.05, 4.69) is 5.32 Å². The van der Waals surface area contributed by atoms with E-state index in [0.717, 1.165) is 18.0 Å². The van der Waals surface area contributed by atoms with Gasteiger partial charge in [0.2, 0.25) is 0 Å². The lowest BCUT2D eigenvalue weighted by Gasteiger charge is -2.10. The summed E-state index contributed by atoms with van der Waals surface area (Å²) in [6.07, 6.45) is 0. The van der Waals surface area contributed by atoms with Crippen LogP contribution in [0.4, 0.5) is 11.4 Å². The minimum absolute atomic E-state index is 0.606. The predicted octanol–water partition coefficient (Wildman–Crippen LogP) is 1.04. The average Bonchev–Trinajstić information content (AvgIpc) is 2.19. The maximum absolute atomic E-state index is 5.73. The van der Waals surface area contributed by atoms with Gasteiger partial charge in [0.05, 0.1) is 12.3 Å². The minimum atomic E-state index is 0.606. The second-order valence-electron chi connectivity index (χ2n) is 2.90. The van der Waals surface area contributed by atoms with Gasteiger partial charge in [-0.05, 0) is 19.1 Å². The van der Waals surface area contributed by atoms with E-state index in [-0.39, 0.29) is 0 Å². The first-order valence-corrected chi connectivity index (χ1v) is 4.74. The second-order valence-corrected chi connectivity index (χ2v) is 2.90. The molecule has 14 heavy (non-hydrogen) atoms. The first kappa shape index (κ1) is 10.7. The molecule has 0 bridgehead atoms. The Hall–Kier alpha value is -1.42. The summed E-state index contributed by atoms with van der Waals surface area (Å²) in [6, 6.07) is 5.62. The van der Waals surface area contributed by atoms with Crippen molar-refractivity contribution in [3.8, 4) is 5.75 Å². The molecule has 4 heteroatoms. The normalized spacial score (nSPS) is 9.86. The molecule has 0 aliphatic carbocycles. The zero-order valence-corrected chi connectivity index (χ0v) is 8.42. The summed E-state index contributed by atoms with van der Waals surface area (Å²) in [5, 5.41) is 3.16. The topological polar surface area (TPSA) is 73.3 Å². The molecule has 0 aliphatic rings. The Balaban J connectivity index is 2.72. The first-order valence-electron chi connectivity index (χ1n) is 4.74. The van der Waals surface area contributed by atoms with Crippen LogP contribution in [0, 0.1) is 0 Å². The van der Waals surface area contributed by atoms with Crippen molar-refractivity contribution in [2.75, 3.05) is 30.7 Å². The molecule has 5 N–H and O–H groups in total. The number of nitrogens with two attached hydrogens (primary N) is 2. The Bertz CT molecular complexity index is 289. The number of nitrogen functional groups attached to an aromatic ring is 1. The van der Waals surface area contributed by atoms with E-state index < -0.39 is 0 Å². The molecule has 0 fully saturated rings. The molecule has 0 radical (unpaired) electrons. The van der Waals surface area contributed by atoms with Gasteiger partial charge in [-0.15, -0.1) is 0 Å². The van der Waals surface area contributed by atoms with Crippen molar-refractivity contribution in [2.45, 2.75) is 6.92 Å². The molecule has 0 atom stereocenters. The van der Waals surface area contributed by atoms with Crippen LogP contribution >= 0.6 is 0 Å². The summed E-state index contributed by atoms with van der Waals surface area (Å²) in [7, 11) is 0. The maximum Gasteiger partial charge on any atom is 0.144 e. The molecular weight excluding hydrogens is 178 g/mol. The number of ether oxygens (including phenoxy) is 1. The van der Waals surface area contributed by atoms with Crippen molar-refractivity contribution in [3.63, 3.8) is 0 Å². The first-order chi connectivity index (χ1) is 6.77. The lowest BCUT2D eigenvalue weighted by molar-refractivity contribution is 0.342. The molecule has 0 amide bonds. The van der Waals surface area contributed by atoms with E-state index in [9.17, 15) is 0 Å². The highest BCUT2D eigenvalue weighted by Crippen LogP contribution is 2.25. The second kappa shape index (κ2) is 5.34. The lowest BCUT2D eigenvalue weighted by Crippen LogP contribution is -2.13. The molecule has 0 spiro atoms. The van der Waals surface area contributed by atoms with Crippen LogP contribution in [-0.2, 0) is 0 Å². The molecule has 1 aromatic rings. The summed E-state index contributed by atoms with van der Waals surface area (Å²) in [4.78, 5) is 0. The van der Waals surface area contributed by atoms with Crippen LogP contribution in [-0.4, -0.2) is 19.7 Å². The van der Waals surface area contributed by atoms with E-state index in [0.29, 0.717) is 18.8 Å². The van der Waals surface area contributed by atoms with E-state index >= 15 is 0 Å². The van der Waals surface area contributed by atoms with Crippen LogP contribution in [0.2, 0.25) is 0 Å². The van der Waals surface area contributed by atoms with E-state index in [1.54, 1.807) is 0 Å². The minimum Gasteiger partial charge on any atom is -0.492 e. The van der Waals surface area contributed by atoms with Gasteiger partial charge in [0, 0.05) is 24.8 Å². The smallest absolute Gasteiger partial charge is 0.144 e. The number of rotatable bonds is 5. The van der Waals surface area contributed by atoms with Crippen LogP contribution in [0.15, 0.2) is 18.2 Å². The number of anilines is 2. The average molecular weight is 195 g/mol. The fourth-order valence-corrected chi connectivity index (χ4v) is 1.14. The highest BCUT2D eigenvalue weighted by Gasteiger charge is 2.00. The van der Waals surface area contributed by atoms with Crippen LogP contribution in [0.5, 0.6) is 5.75 Å². The zero-order chi connectivity index (χ0) is 10.4. The van der Waals surface area contributed by atoms with Crippen molar-refractivity contribution >= 4 is 11.4 Å². The van der Waals surface area contributed by atoms with Gasteiger partial charge in [0.1, 0.15) is 5.75 Å². The summed E-state index contributed by atoms with van der Waals surface area (Å²) in [5.41, 5.74) is 12.7. The van der Waals surface area contributed by atoms with Crippen LogP contribution in [0.1, 0.15) is 6.92 Å². The molecule has 4 nitrogen and oxygen atoms in total. The van der Waals surface area contributed by atoms with Gasteiger partial charge in [0.25, 0.3) is 0 Å². The van der Waals surface area contributed by atoms with Gasteiger partial charge in [-0.25, -0.2) is 0 Å². The Kier molecular flexibility index (Phi) is 4.07. The molecular formula is C10H17N3O. The van der Waals surface area contributed by atoms with E-state index in [1.165, 1.54) is 0 Å². The summed E-state index contributed by atoms with van der Waals surface area (Å²) in [5.74, 6) is 0.717.